The van der Waals surface area contributed by atoms with Gasteiger partial charge in [-0.1, -0.05) is 37.3 Å². The highest BCUT2D eigenvalue weighted by Gasteiger charge is 2.18. The lowest BCUT2D eigenvalue weighted by atomic mass is 10.1. The molecule has 2 aromatic rings. The van der Waals surface area contributed by atoms with Gasteiger partial charge in [0.1, 0.15) is 17.6 Å². The van der Waals surface area contributed by atoms with E-state index >= 15 is 0 Å². The maximum absolute atomic E-state index is 12.4. The number of nitrogens with zero attached hydrogens (tertiary/aromatic N) is 1. The third-order valence-electron chi connectivity index (χ3n) is 5.38. The molecule has 156 valence electrons. The van der Waals surface area contributed by atoms with Gasteiger partial charge in [-0.2, -0.15) is 0 Å². The van der Waals surface area contributed by atoms with Crippen LogP contribution in [0.15, 0.2) is 48.5 Å². The summed E-state index contributed by atoms with van der Waals surface area (Å²) in [5, 5.41) is 2.95. The zero-order valence-corrected chi connectivity index (χ0v) is 17.7. The fourth-order valence-electron chi connectivity index (χ4n) is 3.47. The van der Waals surface area contributed by atoms with E-state index in [0.717, 1.165) is 55.0 Å². The Labute approximate surface area is 174 Å². The summed E-state index contributed by atoms with van der Waals surface area (Å²) in [4.78, 5) is 14.7. The lowest BCUT2D eigenvalue weighted by molar-refractivity contribution is -0.127. The van der Waals surface area contributed by atoms with E-state index in [1.807, 2.05) is 48.5 Å². The summed E-state index contributed by atoms with van der Waals surface area (Å²) in [7, 11) is 2.15. The summed E-state index contributed by atoms with van der Waals surface area (Å²) in [5.74, 6) is 1.54. The number of aryl methyl sites for hydroxylation is 1. The molecule has 1 aliphatic heterocycles. The zero-order valence-electron chi connectivity index (χ0n) is 17.7. The monoisotopic (exact) mass is 396 g/mol. The maximum Gasteiger partial charge on any atom is 0.261 e. The molecule has 1 fully saturated rings. The minimum atomic E-state index is -0.547. The van der Waals surface area contributed by atoms with Crippen molar-refractivity contribution in [1.29, 1.82) is 0 Å². The Bertz CT molecular complexity index is 783. The number of nitrogens with one attached hydrogen (secondary N) is 1. The smallest absolute Gasteiger partial charge is 0.261 e. The molecule has 3 rings (SSSR count). The number of piperidine rings is 1. The van der Waals surface area contributed by atoms with Gasteiger partial charge in [0, 0.05) is 19.6 Å². The zero-order chi connectivity index (χ0) is 20.6. The molecule has 0 unspecified atom stereocenters. The summed E-state index contributed by atoms with van der Waals surface area (Å²) in [5.41, 5.74) is 2.14. The number of hydrogen-bond donors (Lipinski definition) is 1. The number of likely N-dealkylation sites (tertiary alicyclic amines) is 1. The Hall–Kier alpha value is -2.53. The van der Waals surface area contributed by atoms with Crippen molar-refractivity contribution < 1.29 is 14.3 Å². The molecule has 0 bridgehead atoms. The normalized spacial score (nSPS) is 16.2. The van der Waals surface area contributed by atoms with E-state index in [1.54, 1.807) is 6.92 Å². The second-order valence-electron chi connectivity index (χ2n) is 7.70. The molecule has 1 aliphatic rings. The first kappa shape index (κ1) is 21.2. The van der Waals surface area contributed by atoms with Crippen molar-refractivity contribution in [3.63, 3.8) is 0 Å². The van der Waals surface area contributed by atoms with Gasteiger partial charge in [-0.15, -0.1) is 0 Å². The highest BCUT2D eigenvalue weighted by atomic mass is 16.5. The van der Waals surface area contributed by atoms with E-state index in [-0.39, 0.29) is 5.91 Å². The van der Waals surface area contributed by atoms with Gasteiger partial charge in [0.2, 0.25) is 0 Å². The first-order valence-electron chi connectivity index (χ1n) is 10.5. The third-order valence-corrected chi connectivity index (χ3v) is 5.38. The van der Waals surface area contributed by atoms with Crippen LogP contribution < -0.4 is 14.8 Å². The van der Waals surface area contributed by atoms with Crippen LogP contribution in [0.2, 0.25) is 0 Å². The van der Waals surface area contributed by atoms with Gasteiger partial charge in [-0.3, -0.25) is 4.79 Å². The highest BCUT2D eigenvalue weighted by Crippen LogP contribution is 2.21. The average Bonchev–Trinajstić information content (AvgIpc) is 2.75. The molecule has 1 saturated heterocycles. The molecule has 1 N–H and O–H groups in total. The SMILES string of the molecule is CCc1ccccc1O[C@H](C)C(=O)NCc1ccc(OC2CCN(C)CC2)cc1. The molecule has 0 aliphatic carbocycles. The first-order valence-corrected chi connectivity index (χ1v) is 10.5. The van der Waals surface area contributed by atoms with E-state index in [2.05, 4.69) is 24.2 Å². The molecule has 29 heavy (non-hydrogen) atoms. The molecule has 5 nitrogen and oxygen atoms in total. The number of para-hydroxylation sites is 1. The van der Waals surface area contributed by atoms with Crippen molar-refractivity contribution in [1.82, 2.24) is 10.2 Å². The van der Waals surface area contributed by atoms with E-state index in [4.69, 9.17) is 9.47 Å². The van der Waals surface area contributed by atoms with Crippen molar-refractivity contribution in [2.45, 2.75) is 51.9 Å². The second kappa shape index (κ2) is 10.3. The molecule has 1 heterocycles. The number of ether oxygens (including phenoxy) is 2. The van der Waals surface area contributed by atoms with E-state index in [9.17, 15) is 4.79 Å². The summed E-state index contributed by atoms with van der Waals surface area (Å²) in [6, 6.07) is 15.8. The van der Waals surface area contributed by atoms with Crippen LogP contribution in [0.3, 0.4) is 0 Å². The summed E-state index contributed by atoms with van der Waals surface area (Å²) in [6.07, 6.45) is 2.74. The highest BCUT2D eigenvalue weighted by molar-refractivity contribution is 5.80. The molecule has 0 radical (unpaired) electrons. The topological polar surface area (TPSA) is 50.8 Å². The number of rotatable bonds is 8. The van der Waals surface area contributed by atoms with Gasteiger partial charge in [0.15, 0.2) is 6.10 Å². The minimum absolute atomic E-state index is 0.123. The third kappa shape index (κ3) is 6.23. The van der Waals surface area contributed by atoms with Gasteiger partial charge in [-0.05, 0) is 62.6 Å². The summed E-state index contributed by atoms with van der Waals surface area (Å²) >= 11 is 0. The van der Waals surface area contributed by atoms with Crippen molar-refractivity contribution in [3.8, 4) is 11.5 Å². The maximum atomic E-state index is 12.4. The second-order valence-corrected chi connectivity index (χ2v) is 7.70. The van der Waals surface area contributed by atoms with Gasteiger partial charge < -0.3 is 19.7 Å². The Morgan fingerprint density at radius 3 is 2.52 bits per heavy atom. The lowest BCUT2D eigenvalue weighted by Gasteiger charge is -2.29. The summed E-state index contributed by atoms with van der Waals surface area (Å²) in [6.45, 7) is 6.49. The van der Waals surface area contributed by atoms with Crippen LogP contribution in [0.1, 0.15) is 37.8 Å². The Morgan fingerprint density at radius 2 is 1.83 bits per heavy atom. The van der Waals surface area contributed by atoms with Crippen molar-refractivity contribution >= 4 is 5.91 Å². The van der Waals surface area contributed by atoms with Gasteiger partial charge in [0.05, 0.1) is 0 Å². The molecule has 0 saturated carbocycles. The molecule has 5 heteroatoms. The van der Waals surface area contributed by atoms with Crippen LogP contribution in [-0.2, 0) is 17.8 Å². The summed E-state index contributed by atoms with van der Waals surface area (Å²) < 4.78 is 11.9. The van der Waals surface area contributed by atoms with Gasteiger partial charge in [0.25, 0.3) is 5.91 Å². The largest absolute Gasteiger partial charge is 0.490 e. The van der Waals surface area contributed by atoms with Crippen molar-refractivity contribution in [2.75, 3.05) is 20.1 Å². The van der Waals surface area contributed by atoms with Gasteiger partial charge >= 0.3 is 0 Å². The Morgan fingerprint density at radius 1 is 1.14 bits per heavy atom. The van der Waals surface area contributed by atoms with Crippen molar-refractivity contribution in [2.24, 2.45) is 0 Å². The molecule has 1 atom stereocenters. The first-order chi connectivity index (χ1) is 14.0. The molecule has 1 amide bonds. The Kier molecular flexibility index (Phi) is 7.53. The van der Waals surface area contributed by atoms with Crippen LogP contribution in [0.4, 0.5) is 0 Å². The van der Waals surface area contributed by atoms with Crippen LogP contribution >= 0.6 is 0 Å². The standard InChI is InChI=1S/C24H32N2O3/c1-4-20-7-5-6-8-23(20)28-18(2)24(27)25-17-19-9-11-21(12-10-19)29-22-13-15-26(3)16-14-22/h5-12,18,22H,4,13-17H2,1-3H3,(H,25,27)/t18-/m1/s1. The average molecular weight is 397 g/mol. The molecule has 0 spiro atoms. The van der Waals surface area contributed by atoms with Crippen LogP contribution in [0.25, 0.3) is 0 Å². The van der Waals surface area contributed by atoms with Crippen molar-refractivity contribution in [3.05, 3.63) is 59.7 Å². The van der Waals surface area contributed by atoms with E-state index < -0.39 is 6.10 Å². The Balaban J connectivity index is 1.46. The molecule has 0 aromatic heterocycles. The fraction of sp³-hybridized carbons (Fsp3) is 0.458. The number of carbonyl (C=O) groups is 1. The van der Waals surface area contributed by atoms with Crippen LogP contribution in [-0.4, -0.2) is 43.2 Å². The van der Waals surface area contributed by atoms with Crippen LogP contribution in [0.5, 0.6) is 11.5 Å². The number of benzene rings is 2. The predicted octanol–water partition coefficient (Wildman–Crippen LogP) is 3.81. The van der Waals surface area contributed by atoms with Crippen LogP contribution in [0, 0.1) is 0 Å². The number of carbonyl (C=O) groups excluding carboxylic acids is 1. The molecular weight excluding hydrogens is 364 g/mol. The fourth-order valence-corrected chi connectivity index (χ4v) is 3.47. The lowest BCUT2D eigenvalue weighted by Crippen LogP contribution is -2.36. The van der Waals surface area contributed by atoms with E-state index in [0.29, 0.717) is 12.6 Å². The van der Waals surface area contributed by atoms with E-state index in [1.165, 1.54) is 0 Å². The minimum Gasteiger partial charge on any atom is -0.490 e. The predicted molar refractivity (Wildman–Crippen MR) is 115 cm³/mol. The number of amides is 1. The number of hydrogen-bond acceptors (Lipinski definition) is 4. The quantitative estimate of drug-likeness (QED) is 0.737. The molecular formula is C24H32N2O3. The van der Waals surface area contributed by atoms with Gasteiger partial charge in [-0.25, -0.2) is 0 Å². The molecule has 2 aromatic carbocycles.